The number of ether oxygens (including phenoxy) is 1. The van der Waals surface area contributed by atoms with Gasteiger partial charge in [-0.05, 0) is 63.0 Å². The van der Waals surface area contributed by atoms with Crippen molar-refractivity contribution < 1.29 is 13.7 Å². The highest BCUT2D eigenvalue weighted by Gasteiger charge is 2.19. The van der Waals surface area contributed by atoms with Crippen LogP contribution in [-0.2, 0) is 4.53 Å². The molecule has 1 aromatic carbocycles. The van der Waals surface area contributed by atoms with Crippen molar-refractivity contribution in [3.8, 4) is 11.5 Å². The first-order valence-corrected chi connectivity index (χ1v) is 13.5. The zero-order chi connectivity index (χ0) is 15.4. The summed E-state index contributed by atoms with van der Waals surface area (Å²) in [4.78, 5) is 0. The van der Waals surface area contributed by atoms with Gasteiger partial charge in [0.05, 0.1) is 13.3 Å². The number of benzene rings is 1. The summed E-state index contributed by atoms with van der Waals surface area (Å²) in [5.74, 6) is 1.51. The van der Waals surface area contributed by atoms with E-state index in [9.17, 15) is 0 Å². The molecular formula is C14H25NO3Si2. The highest BCUT2D eigenvalue weighted by molar-refractivity contribution is 6.70. The lowest BCUT2D eigenvalue weighted by molar-refractivity contribution is 0.338. The largest absolute Gasteiger partial charge is 0.542 e. The smallest absolute Gasteiger partial charge is 0.278 e. The van der Waals surface area contributed by atoms with E-state index < -0.39 is 16.6 Å². The van der Waals surface area contributed by atoms with Crippen LogP contribution < -0.4 is 9.16 Å². The Kier molecular flexibility index (Phi) is 5.41. The van der Waals surface area contributed by atoms with Crippen LogP contribution in [0.25, 0.3) is 0 Å². The molecule has 0 aliphatic rings. The molecular weight excluding hydrogens is 286 g/mol. The van der Waals surface area contributed by atoms with Crippen molar-refractivity contribution in [1.82, 2.24) is 0 Å². The Morgan fingerprint density at radius 3 is 2.10 bits per heavy atom. The molecule has 0 amide bonds. The molecule has 0 fully saturated rings. The third-order valence-electron chi connectivity index (χ3n) is 2.13. The average molecular weight is 312 g/mol. The van der Waals surface area contributed by atoms with Gasteiger partial charge in [-0.25, -0.2) is 0 Å². The Balaban J connectivity index is 2.87. The molecule has 0 saturated carbocycles. The molecule has 1 rings (SSSR count). The molecule has 0 aromatic heterocycles. The van der Waals surface area contributed by atoms with Crippen LogP contribution in [0.2, 0.25) is 39.3 Å². The molecule has 0 unspecified atom stereocenters. The Morgan fingerprint density at radius 2 is 1.60 bits per heavy atom. The van der Waals surface area contributed by atoms with E-state index >= 15 is 0 Å². The minimum atomic E-state index is -1.65. The SMILES string of the molecule is COc1cc(/C=N/O[Si](C)(C)C)ccc1O[Si](C)(C)C. The summed E-state index contributed by atoms with van der Waals surface area (Å²) in [5.41, 5.74) is 0.933. The fourth-order valence-corrected chi connectivity index (χ4v) is 2.62. The highest BCUT2D eigenvalue weighted by atomic mass is 28.4. The van der Waals surface area contributed by atoms with Crippen LogP contribution in [0.3, 0.4) is 0 Å². The molecule has 0 radical (unpaired) electrons. The molecule has 0 aliphatic carbocycles. The molecule has 0 spiro atoms. The van der Waals surface area contributed by atoms with E-state index in [1.807, 2.05) is 18.2 Å². The molecule has 0 heterocycles. The second-order valence-corrected chi connectivity index (χ2v) is 15.4. The third-order valence-corrected chi connectivity index (χ3v) is 3.62. The predicted molar refractivity (Wildman–Crippen MR) is 89.0 cm³/mol. The number of hydrogen-bond acceptors (Lipinski definition) is 4. The minimum Gasteiger partial charge on any atom is -0.542 e. The van der Waals surface area contributed by atoms with Crippen molar-refractivity contribution in [3.05, 3.63) is 23.8 Å². The number of oxime groups is 1. The zero-order valence-electron chi connectivity index (χ0n) is 13.5. The van der Waals surface area contributed by atoms with Gasteiger partial charge >= 0.3 is 0 Å². The van der Waals surface area contributed by atoms with Crippen LogP contribution in [0, 0.1) is 0 Å². The van der Waals surface area contributed by atoms with E-state index in [4.69, 9.17) is 13.7 Å². The van der Waals surface area contributed by atoms with E-state index in [1.165, 1.54) is 0 Å². The topological polar surface area (TPSA) is 40.0 Å². The van der Waals surface area contributed by atoms with E-state index in [1.54, 1.807) is 13.3 Å². The first-order valence-electron chi connectivity index (χ1n) is 6.69. The Morgan fingerprint density at radius 1 is 0.950 bits per heavy atom. The molecule has 0 atom stereocenters. The van der Waals surface area contributed by atoms with Crippen molar-refractivity contribution >= 4 is 22.8 Å². The van der Waals surface area contributed by atoms with Gasteiger partial charge in [-0.2, -0.15) is 0 Å². The Bertz CT molecular complexity index is 476. The maximum atomic E-state index is 5.98. The van der Waals surface area contributed by atoms with Crippen molar-refractivity contribution in [2.45, 2.75) is 39.3 Å². The van der Waals surface area contributed by atoms with Crippen LogP contribution >= 0.6 is 0 Å². The summed E-state index contributed by atoms with van der Waals surface area (Å²) in [7, 11) is -1.63. The lowest BCUT2D eigenvalue weighted by Gasteiger charge is -2.21. The van der Waals surface area contributed by atoms with Crippen LogP contribution in [0.15, 0.2) is 23.4 Å². The second kappa shape index (κ2) is 6.45. The monoisotopic (exact) mass is 311 g/mol. The summed E-state index contributed by atoms with van der Waals surface area (Å²) in [6.07, 6.45) is 1.71. The molecule has 4 nitrogen and oxygen atoms in total. The normalized spacial score (nSPS) is 12.6. The van der Waals surface area contributed by atoms with Crippen molar-refractivity contribution in [2.75, 3.05) is 7.11 Å². The average Bonchev–Trinajstić information content (AvgIpc) is 2.27. The van der Waals surface area contributed by atoms with Crippen LogP contribution in [-0.4, -0.2) is 30.0 Å². The molecule has 0 bridgehead atoms. The van der Waals surface area contributed by atoms with Gasteiger partial charge in [0.25, 0.3) is 8.32 Å². The molecule has 20 heavy (non-hydrogen) atoms. The lowest BCUT2D eigenvalue weighted by atomic mass is 10.2. The first kappa shape index (κ1) is 16.8. The van der Waals surface area contributed by atoms with E-state index in [-0.39, 0.29) is 0 Å². The Hall–Kier alpha value is -1.28. The molecule has 112 valence electrons. The number of rotatable bonds is 6. The summed E-state index contributed by atoms with van der Waals surface area (Å²) < 4.78 is 16.8. The van der Waals surface area contributed by atoms with Crippen LogP contribution in [0.5, 0.6) is 11.5 Å². The van der Waals surface area contributed by atoms with Crippen molar-refractivity contribution in [3.63, 3.8) is 0 Å². The number of hydrogen-bond donors (Lipinski definition) is 0. The van der Waals surface area contributed by atoms with Crippen LogP contribution in [0.1, 0.15) is 5.56 Å². The van der Waals surface area contributed by atoms with Crippen molar-refractivity contribution in [1.29, 1.82) is 0 Å². The van der Waals surface area contributed by atoms with Crippen molar-refractivity contribution in [2.24, 2.45) is 5.16 Å². The minimum absolute atomic E-state index is 0.726. The molecule has 6 heteroatoms. The zero-order valence-corrected chi connectivity index (χ0v) is 15.5. The molecule has 1 aromatic rings. The van der Waals surface area contributed by atoms with Gasteiger partial charge in [0.1, 0.15) is 5.75 Å². The van der Waals surface area contributed by atoms with E-state index in [2.05, 4.69) is 44.4 Å². The highest BCUT2D eigenvalue weighted by Crippen LogP contribution is 2.29. The molecule has 0 aliphatic heterocycles. The van der Waals surface area contributed by atoms with Gasteiger partial charge in [0.15, 0.2) is 5.75 Å². The molecule has 0 N–H and O–H groups in total. The van der Waals surface area contributed by atoms with Gasteiger partial charge in [0.2, 0.25) is 8.32 Å². The fraction of sp³-hybridized carbons (Fsp3) is 0.500. The fourth-order valence-electron chi connectivity index (χ4n) is 1.42. The van der Waals surface area contributed by atoms with E-state index in [0.717, 1.165) is 17.1 Å². The lowest BCUT2D eigenvalue weighted by Crippen LogP contribution is -2.29. The van der Waals surface area contributed by atoms with Gasteiger partial charge in [-0.3, -0.25) is 0 Å². The van der Waals surface area contributed by atoms with Gasteiger partial charge in [0, 0.05) is 0 Å². The maximum absolute atomic E-state index is 5.98. The summed E-state index contributed by atoms with van der Waals surface area (Å²) in [6, 6.07) is 5.79. The van der Waals surface area contributed by atoms with Gasteiger partial charge < -0.3 is 13.7 Å². The number of methoxy groups -OCH3 is 1. The standard InChI is InChI=1S/C14H25NO3Si2/c1-16-14-10-12(11-15-18-20(5,6)7)8-9-13(14)17-19(2,3)4/h8-11H,1-7H3/b15-11+. The van der Waals surface area contributed by atoms with Crippen LogP contribution in [0.4, 0.5) is 0 Å². The molecule has 0 saturated heterocycles. The number of nitrogens with zero attached hydrogens (tertiary/aromatic N) is 1. The van der Waals surface area contributed by atoms with E-state index in [0.29, 0.717) is 0 Å². The maximum Gasteiger partial charge on any atom is 0.278 e. The first-order chi connectivity index (χ1) is 9.11. The van der Waals surface area contributed by atoms with Gasteiger partial charge in [-0.1, -0.05) is 0 Å². The third kappa shape index (κ3) is 6.25. The summed E-state index contributed by atoms with van der Waals surface area (Å²) >= 11 is 0. The quantitative estimate of drug-likeness (QED) is 0.451. The van der Waals surface area contributed by atoms with Gasteiger partial charge in [-0.15, -0.1) is 5.16 Å². The summed E-state index contributed by atoms with van der Waals surface area (Å²) in [6.45, 7) is 12.7. The Labute approximate surface area is 124 Å². The second-order valence-electron chi connectivity index (χ2n) is 6.56. The summed E-state index contributed by atoms with van der Waals surface area (Å²) in [5, 5.41) is 4.04. The predicted octanol–water partition coefficient (Wildman–Crippen LogP) is 4.09.